The smallest absolute Gasteiger partial charge is 0.155 e. The number of hydrogen-bond donors (Lipinski definition) is 0. The minimum Gasteiger partial charge on any atom is -0.486 e. The quantitative estimate of drug-likeness (QED) is 0.324. The molecule has 1 fully saturated rings. The van der Waals surface area contributed by atoms with E-state index in [1.54, 1.807) is 0 Å². The summed E-state index contributed by atoms with van der Waals surface area (Å²) in [5.74, 6) is 1.08. The van der Waals surface area contributed by atoms with Crippen LogP contribution in [0.1, 0.15) is 58.9 Å². The summed E-state index contributed by atoms with van der Waals surface area (Å²) in [6, 6.07) is 19.6. The number of benzene rings is 2. The van der Waals surface area contributed by atoms with Gasteiger partial charge in [0.05, 0.1) is 11.8 Å². The Morgan fingerprint density at radius 1 is 0.872 bits per heavy atom. The van der Waals surface area contributed by atoms with Crippen LogP contribution in [-0.2, 0) is 10.3 Å². The van der Waals surface area contributed by atoms with Crippen LogP contribution in [0.4, 0.5) is 5.82 Å². The summed E-state index contributed by atoms with van der Waals surface area (Å²) in [6.07, 6.45) is 14.3. The topological polar surface area (TPSA) is 28.6 Å². The SMILES string of the molecule is CCC.CCCC1(c2cccc3nc(N4CCN(C)CC4)c(-c4ccccc4)cc23)O\C=C/C=C\C=C\1CC. The van der Waals surface area contributed by atoms with Gasteiger partial charge in [0.25, 0.3) is 0 Å². The van der Waals surface area contributed by atoms with Gasteiger partial charge in [-0.15, -0.1) is 0 Å². The number of rotatable bonds is 6. The van der Waals surface area contributed by atoms with Gasteiger partial charge in [0, 0.05) is 42.7 Å². The number of fused-ring (bicyclic) bond motifs is 1. The minimum absolute atomic E-state index is 0.519. The number of nitrogens with zero attached hydrogens (tertiary/aromatic N) is 3. The molecule has 206 valence electrons. The van der Waals surface area contributed by atoms with Crippen molar-refractivity contribution in [1.82, 2.24) is 9.88 Å². The molecule has 2 aliphatic rings. The van der Waals surface area contributed by atoms with Gasteiger partial charge in [0.15, 0.2) is 5.60 Å². The van der Waals surface area contributed by atoms with E-state index in [2.05, 4.69) is 111 Å². The molecule has 1 unspecified atom stereocenters. The van der Waals surface area contributed by atoms with Crippen molar-refractivity contribution in [2.45, 2.75) is 59.0 Å². The first-order valence-corrected chi connectivity index (χ1v) is 14.7. The number of aromatic nitrogens is 1. The van der Waals surface area contributed by atoms with Gasteiger partial charge >= 0.3 is 0 Å². The van der Waals surface area contributed by atoms with Crippen LogP contribution in [-0.4, -0.2) is 43.1 Å². The highest BCUT2D eigenvalue weighted by Gasteiger charge is 2.38. The molecule has 0 spiro atoms. The Balaban J connectivity index is 0.00000112. The molecule has 5 rings (SSSR count). The van der Waals surface area contributed by atoms with Gasteiger partial charge in [-0.25, -0.2) is 4.98 Å². The van der Waals surface area contributed by atoms with Crippen molar-refractivity contribution in [2.24, 2.45) is 0 Å². The molecule has 3 aromatic rings. The molecular formula is C35H45N3O. The first kappa shape index (κ1) is 28.6. The highest BCUT2D eigenvalue weighted by atomic mass is 16.5. The lowest BCUT2D eigenvalue weighted by atomic mass is 9.78. The van der Waals surface area contributed by atoms with Crippen LogP contribution in [0, 0.1) is 0 Å². The third-order valence-corrected chi connectivity index (χ3v) is 7.53. The first-order chi connectivity index (χ1) is 19.1. The molecule has 4 nitrogen and oxygen atoms in total. The van der Waals surface area contributed by atoms with Crippen LogP contribution in [0.25, 0.3) is 22.0 Å². The molecule has 1 aromatic heterocycles. The van der Waals surface area contributed by atoms with Crippen molar-refractivity contribution >= 4 is 16.7 Å². The number of hydrogen-bond acceptors (Lipinski definition) is 4. The van der Waals surface area contributed by atoms with Crippen molar-refractivity contribution in [3.05, 3.63) is 96.3 Å². The minimum atomic E-state index is -0.519. The molecule has 0 N–H and O–H groups in total. The number of pyridine rings is 1. The molecule has 0 amide bonds. The van der Waals surface area contributed by atoms with E-state index in [0.717, 1.165) is 56.8 Å². The second kappa shape index (κ2) is 13.6. The molecule has 2 aromatic carbocycles. The van der Waals surface area contributed by atoms with Crippen LogP contribution in [0.15, 0.2) is 90.7 Å². The van der Waals surface area contributed by atoms with Crippen molar-refractivity contribution in [3.8, 4) is 11.1 Å². The van der Waals surface area contributed by atoms with Crippen LogP contribution in [0.5, 0.6) is 0 Å². The average Bonchev–Trinajstić information content (AvgIpc) is 2.95. The third-order valence-electron chi connectivity index (χ3n) is 7.53. The van der Waals surface area contributed by atoms with Gasteiger partial charge in [-0.1, -0.05) is 101 Å². The molecule has 1 saturated heterocycles. The first-order valence-electron chi connectivity index (χ1n) is 14.7. The zero-order chi connectivity index (χ0) is 27.7. The predicted molar refractivity (Wildman–Crippen MR) is 167 cm³/mol. The molecule has 3 heterocycles. The summed E-state index contributed by atoms with van der Waals surface area (Å²) in [7, 11) is 2.19. The van der Waals surface area contributed by atoms with Crippen LogP contribution in [0.2, 0.25) is 0 Å². The lowest BCUT2D eigenvalue weighted by Crippen LogP contribution is -2.45. The van der Waals surface area contributed by atoms with Crippen LogP contribution < -0.4 is 4.90 Å². The molecular weight excluding hydrogens is 478 g/mol. The Morgan fingerprint density at radius 2 is 1.62 bits per heavy atom. The lowest BCUT2D eigenvalue weighted by molar-refractivity contribution is 0.0428. The van der Waals surface area contributed by atoms with E-state index in [1.807, 2.05) is 18.4 Å². The Morgan fingerprint density at radius 3 is 2.31 bits per heavy atom. The number of ether oxygens (including phenoxy) is 1. The van der Waals surface area contributed by atoms with E-state index in [0.29, 0.717) is 0 Å². The number of allylic oxidation sites excluding steroid dienone is 4. The molecule has 0 aliphatic carbocycles. The number of likely N-dealkylation sites (N-methyl/N-ethyl adjacent to an activating group) is 1. The fourth-order valence-electron chi connectivity index (χ4n) is 5.62. The Bertz CT molecular complexity index is 1300. The summed E-state index contributed by atoms with van der Waals surface area (Å²) in [4.78, 5) is 10.2. The zero-order valence-electron chi connectivity index (χ0n) is 24.5. The lowest BCUT2D eigenvalue weighted by Gasteiger charge is -2.38. The Kier molecular flexibility index (Phi) is 10.00. The number of anilines is 1. The zero-order valence-corrected chi connectivity index (χ0v) is 24.5. The fraction of sp³-hybridized carbons (Fsp3) is 0.400. The second-order valence-electron chi connectivity index (χ2n) is 10.5. The Labute approximate surface area is 235 Å². The van der Waals surface area contributed by atoms with Gasteiger partial charge in [-0.3, -0.25) is 0 Å². The fourth-order valence-corrected chi connectivity index (χ4v) is 5.62. The van der Waals surface area contributed by atoms with Gasteiger partial charge in [0.2, 0.25) is 0 Å². The summed E-state index contributed by atoms with van der Waals surface area (Å²) in [5, 5.41) is 1.17. The molecule has 1 atom stereocenters. The highest BCUT2D eigenvalue weighted by molar-refractivity contribution is 5.92. The monoisotopic (exact) mass is 523 g/mol. The maximum absolute atomic E-state index is 6.67. The van der Waals surface area contributed by atoms with E-state index in [9.17, 15) is 0 Å². The van der Waals surface area contributed by atoms with Crippen molar-refractivity contribution in [2.75, 3.05) is 38.1 Å². The maximum Gasteiger partial charge on any atom is 0.155 e. The predicted octanol–water partition coefficient (Wildman–Crippen LogP) is 8.50. The molecule has 0 bridgehead atoms. The molecule has 0 radical (unpaired) electrons. The van der Waals surface area contributed by atoms with Crippen molar-refractivity contribution in [1.29, 1.82) is 0 Å². The van der Waals surface area contributed by atoms with Crippen molar-refractivity contribution in [3.63, 3.8) is 0 Å². The molecule has 0 saturated carbocycles. The van der Waals surface area contributed by atoms with Gasteiger partial charge in [-0.2, -0.15) is 0 Å². The molecule has 4 heteroatoms. The van der Waals surface area contributed by atoms with E-state index in [4.69, 9.17) is 9.72 Å². The number of piperazine rings is 1. The van der Waals surface area contributed by atoms with E-state index in [-0.39, 0.29) is 0 Å². The normalized spacial score (nSPS) is 22.5. The van der Waals surface area contributed by atoms with Gasteiger partial charge in [-0.05, 0) is 49.2 Å². The standard InChI is InChI=1S/C32H37N3O.C3H8/c1-4-18-32(26(5-2)15-10-7-11-23-36-32)29-16-12-17-30-28(29)24-27(25-13-8-6-9-14-25)31(33-30)35-21-19-34(3)20-22-35;1-3-2/h6-17,23-24H,4-5,18-22H2,1-3H3;3H2,1-2H3/b10-7-,23-11-,26-15+;. The van der Waals surface area contributed by atoms with Crippen LogP contribution >= 0.6 is 0 Å². The summed E-state index contributed by atoms with van der Waals surface area (Å²) < 4.78 is 6.67. The van der Waals surface area contributed by atoms with Crippen LogP contribution in [0.3, 0.4) is 0 Å². The molecule has 2 aliphatic heterocycles. The Hall–Kier alpha value is -3.37. The van der Waals surface area contributed by atoms with E-state index >= 15 is 0 Å². The second-order valence-corrected chi connectivity index (χ2v) is 10.5. The third kappa shape index (κ3) is 6.28. The summed E-state index contributed by atoms with van der Waals surface area (Å²) in [6.45, 7) is 12.8. The van der Waals surface area contributed by atoms with Gasteiger partial charge < -0.3 is 14.5 Å². The molecule has 39 heavy (non-hydrogen) atoms. The largest absolute Gasteiger partial charge is 0.486 e. The van der Waals surface area contributed by atoms with Crippen molar-refractivity contribution < 1.29 is 4.74 Å². The highest BCUT2D eigenvalue weighted by Crippen LogP contribution is 2.45. The maximum atomic E-state index is 6.67. The summed E-state index contributed by atoms with van der Waals surface area (Å²) >= 11 is 0. The van der Waals surface area contributed by atoms with E-state index in [1.165, 1.54) is 34.1 Å². The average molecular weight is 524 g/mol. The van der Waals surface area contributed by atoms with Gasteiger partial charge in [0.1, 0.15) is 5.82 Å². The van der Waals surface area contributed by atoms with E-state index < -0.39 is 5.60 Å². The summed E-state index contributed by atoms with van der Waals surface area (Å²) in [5.41, 5.74) is 5.39.